The maximum absolute atomic E-state index is 12.0. The Morgan fingerprint density at radius 1 is 1.67 bits per heavy atom. The number of rotatable bonds is 3. The lowest BCUT2D eigenvalue weighted by Crippen LogP contribution is -2.48. The van der Waals surface area contributed by atoms with E-state index in [-0.39, 0.29) is 17.9 Å². The Balaban J connectivity index is 2.57. The lowest BCUT2D eigenvalue weighted by molar-refractivity contribution is -0.133. The van der Waals surface area contributed by atoms with E-state index in [0.29, 0.717) is 0 Å². The van der Waals surface area contributed by atoms with Crippen LogP contribution in [0.4, 0.5) is 0 Å². The monoisotopic (exact) mass is 210 g/mol. The first kappa shape index (κ1) is 12.2. The van der Waals surface area contributed by atoms with Crippen molar-refractivity contribution in [3.8, 4) is 0 Å². The maximum Gasteiger partial charge on any atom is 0.240 e. The number of hydrogen-bond acceptors (Lipinski definition) is 2. The molecule has 86 valence electrons. The van der Waals surface area contributed by atoms with Gasteiger partial charge < -0.3 is 10.6 Å². The van der Waals surface area contributed by atoms with Crippen LogP contribution in [-0.2, 0) is 4.79 Å². The fourth-order valence-corrected chi connectivity index (χ4v) is 1.81. The van der Waals surface area contributed by atoms with E-state index in [1.807, 2.05) is 11.8 Å². The molecule has 15 heavy (non-hydrogen) atoms. The first-order valence-corrected chi connectivity index (χ1v) is 5.76. The molecular formula is C12H22N2O. The SMILES string of the molecule is CC[C@H](C)[C@H](N)C(=O)N1CCC=C(C)C1. The van der Waals surface area contributed by atoms with Crippen molar-refractivity contribution in [3.63, 3.8) is 0 Å². The van der Waals surface area contributed by atoms with Gasteiger partial charge in [-0.05, 0) is 19.3 Å². The summed E-state index contributed by atoms with van der Waals surface area (Å²) in [6, 6.07) is -0.333. The molecular weight excluding hydrogens is 188 g/mol. The third kappa shape index (κ3) is 3.06. The molecule has 2 N–H and O–H groups in total. The van der Waals surface area contributed by atoms with Crippen LogP contribution in [0.3, 0.4) is 0 Å². The highest BCUT2D eigenvalue weighted by atomic mass is 16.2. The third-order valence-electron chi connectivity index (χ3n) is 3.19. The number of hydrogen-bond donors (Lipinski definition) is 1. The van der Waals surface area contributed by atoms with Crippen LogP contribution in [0, 0.1) is 5.92 Å². The van der Waals surface area contributed by atoms with Gasteiger partial charge in [-0.1, -0.05) is 31.9 Å². The largest absolute Gasteiger partial charge is 0.337 e. The van der Waals surface area contributed by atoms with Gasteiger partial charge in [0.2, 0.25) is 5.91 Å². The molecule has 1 amide bonds. The lowest BCUT2D eigenvalue weighted by Gasteiger charge is -2.30. The second-order valence-corrected chi connectivity index (χ2v) is 4.51. The van der Waals surface area contributed by atoms with Gasteiger partial charge in [-0.15, -0.1) is 0 Å². The topological polar surface area (TPSA) is 46.3 Å². The standard InChI is InChI=1S/C12H22N2O/c1-4-10(3)11(13)12(15)14-7-5-6-9(2)8-14/h6,10-11H,4-5,7-8,13H2,1-3H3/t10-,11-/m0/s1. The van der Waals surface area contributed by atoms with E-state index in [9.17, 15) is 4.79 Å². The van der Waals surface area contributed by atoms with E-state index in [1.54, 1.807) is 0 Å². The smallest absolute Gasteiger partial charge is 0.240 e. The average Bonchev–Trinajstić information content (AvgIpc) is 2.26. The molecule has 0 radical (unpaired) electrons. The highest BCUT2D eigenvalue weighted by Crippen LogP contribution is 2.13. The maximum atomic E-state index is 12.0. The molecule has 3 nitrogen and oxygen atoms in total. The average molecular weight is 210 g/mol. The van der Waals surface area contributed by atoms with Gasteiger partial charge in [0.15, 0.2) is 0 Å². The van der Waals surface area contributed by atoms with Crippen LogP contribution in [0.2, 0.25) is 0 Å². The Morgan fingerprint density at radius 2 is 2.33 bits per heavy atom. The van der Waals surface area contributed by atoms with Crippen molar-refractivity contribution in [2.24, 2.45) is 11.7 Å². The number of amides is 1. The van der Waals surface area contributed by atoms with E-state index in [2.05, 4.69) is 19.9 Å². The summed E-state index contributed by atoms with van der Waals surface area (Å²) in [4.78, 5) is 13.9. The fraction of sp³-hybridized carbons (Fsp3) is 0.750. The molecule has 1 rings (SSSR count). The van der Waals surface area contributed by atoms with Crippen LogP contribution in [0.1, 0.15) is 33.6 Å². The highest BCUT2D eigenvalue weighted by Gasteiger charge is 2.25. The Kier molecular flexibility index (Phi) is 4.33. The summed E-state index contributed by atoms with van der Waals surface area (Å²) in [5.41, 5.74) is 7.21. The van der Waals surface area contributed by atoms with Gasteiger partial charge in [-0.25, -0.2) is 0 Å². The Hall–Kier alpha value is -0.830. The van der Waals surface area contributed by atoms with E-state index in [1.165, 1.54) is 5.57 Å². The van der Waals surface area contributed by atoms with Crippen molar-refractivity contribution in [1.82, 2.24) is 4.90 Å². The van der Waals surface area contributed by atoms with E-state index in [4.69, 9.17) is 5.73 Å². The molecule has 0 saturated heterocycles. The molecule has 1 aliphatic rings. The van der Waals surface area contributed by atoms with E-state index < -0.39 is 0 Å². The zero-order chi connectivity index (χ0) is 11.4. The number of nitrogens with two attached hydrogens (primary N) is 1. The Labute approximate surface area is 92.3 Å². The molecule has 3 heteroatoms. The number of carbonyl (C=O) groups is 1. The minimum absolute atomic E-state index is 0.108. The van der Waals surface area contributed by atoms with Crippen LogP contribution in [0.25, 0.3) is 0 Å². The number of nitrogens with zero attached hydrogens (tertiary/aromatic N) is 1. The van der Waals surface area contributed by atoms with Crippen molar-refractivity contribution in [2.45, 2.75) is 39.7 Å². The molecule has 1 aliphatic heterocycles. The van der Waals surface area contributed by atoms with Crippen LogP contribution < -0.4 is 5.73 Å². The van der Waals surface area contributed by atoms with Gasteiger partial charge in [0.1, 0.15) is 0 Å². The first-order chi connectivity index (χ1) is 7.06. The summed E-state index contributed by atoms with van der Waals surface area (Å²) in [6.07, 6.45) is 4.11. The van der Waals surface area contributed by atoms with Crippen LogP contribution >= 0.6 is 0 Å². The molecule has 0 fully saturated rings. The van der Waals surface area contributed by atoms with Gasteiger partial charge in [0.25, 0.3) is 0 Å². The van der Waals surface area contributed by atoms with Crippen LogP contribution in [0.5, 0.6) is 0 Å². The van der Waals surface area contributed by atoms with Gasteiger partial charge in [0, 0.05) is 13.1 Å². The molecule has 0 aromatic rings. The summed E-state index contributed by atoms with van der Waals surface area (Å²) in [6.45, 7) is 7.74. The molecule has 0 saturated carbocycles. The normalized spacial score (nSPS) is 20.8. The summed E-state index contributed by atoms with van der Waals surface area (Å²) >= 11 is 0. The fourth-order valence-electron chi connectivity index (χ4n) is 1.81. The summed E-state index contributed by atoms with van der Waals surface area (Å²) in [5, 5.41) is 0. The lowest BCUT2D eigenvalue weighted by atomic mass is 9.98. The zero-order valence-corrected chi connectivity index (χ0v) is 9.99. The van der Waals surface area contributed by atoms with E-state index >= 15 is 0 Å². The minimum atomic E-state index is -0.333. The van der Waals surface area contributed by atoms with Gasteiger partial charge in [0.05, 0.1) is 6.04 Å². The zero-order valence-electron chi connectivity index (χ0n) is 9.99. The van der Waals surface area contributed by atoms with Crippen molar-refractivity contribution in [3.05, 3.63) is 11.6 Å². The van der Waals surface area contributed by atoms with Crippen molar-refractivity contribution < 1.29 is 4.79 Å². The van der Waals surface area contributed by atoms with Gasteiger partial charge >= 0.3 is 0 Å². The van der Waals surface area contributed by atoms with Crippen LogP contribution in [-0.4, -0.2) is 29.9 Å². The van der Waals surface area contributed by atoms with Crippen molar-refractivity contribution in [1.29, 1.82) is 0 Å². The quantitative estimate of drug-likeness (QED) is 0.718. The Bertz CT molecular complexity index is 260. The molecule has 0 spiro atoms. The van der Waals surface area contributed by atoms with Crippen molar-refractivity contribution in [2.75, 3.05) is 13.1 Å². The second-order valence-electron chi connectivity index (χ2n) is 4.51. The molecule has 1 heterocycles. The molecule has 0 bridgehead atoms. The highest BCUT2D eigenvalue weighted by molar-refractivity contribution is 5.82. The predicted octanol–water partition coefficient (Wildman–Crippen LogP) is 1.54. The van der Waals surface area contributed by atoms with E-state index in [0.717, 1.165) is 25.9 Å². The van der Waals surface area contributed by atoms with Gasteiger partial charge in [-0.3, -0.25) is 4.79 Å². The van der Waals surface area contributed by atoms with Gasteiger partial charge in [-0.2, -0.15) is 0 Å². The Morgan fingerprint density at radius 3 is 2.87 bits per heavy atom. The molecule has 0 aromatic heterocycles. The molecule has 0 unspecified atom stereocenters. The summed E-state index contributed by atoms with van der Waals surface area (Å²) in [5.74, 6) is 0.375. The molecule has 2 atom stereocenters. The summed E-state index contributed by atoms with van der Waals surface area (Å²) < 4.78 is 0. The first-order valence-electron chi connectivity index (χ1n) is 5.76. The minimum Gasteiger partial charge on any atom is -0.337 e. The number of carbonyl (C=O) groups excluding carboxylic acids is 1. The third-order valence-corrected chi connectivity index (χ3v) is 3.19. The van der Waals surface area contributed by atoms with Crippen molar-refractivity contribution >= 4 is 5.91 Å². The van der Waals surface area contributed by atoms with Crippen LogP contribution in [0.15, 0.2) is 11.6 Å². The summed E-state index contributed by atoms with van der Waals surface area (Å²) in [7, 11) is 0. The molecule has 0 aliphatic carbocycles. The predicted molar refractivity (Wildman–Crippen MR) is 62.4 cm³/mol. The molecule has 0 aromatic carbocycles. The second kappa shape index (κ2) is 5.31.